The normalized spacial score (nSPS) is 17.4. The Kier molecular flexibility index (Phi) is 2.52. The van der Waals surface area contributed by atoms with Gasteiger partial charge in [-0.15, -0.1) is 0 Å². The molecule has 0 N–H and O–H groups in total. The molecule has 0 radical (unpaired) electrons. The summed E-state index contributed by atoms with van der Waals surface area (Å²) in [5.41, 5.74) is 0. The zero-order valence-electron chi connectivity index (χ0n) is 4.96. The molecule has 0 bridgehead atoms. The molecule has 0 spiro atoms. The van der Waals surface area contributed by atoms with Gasteiger partial charge in [-0.25, -0.2) is 0 Å². The second kappa shape index (κ2) is 3.22. The average molecular weight is 201 g/mol. The molecular formula is C7H10Pd. The van der Waals surface area contributed by atoms with Crippen LogP contribution in [-0.4, -0.2) is 0 Å². The van der Waals surface area contributed by atoms with Crippen LogP contribution in [0.2, 0.25) is 4.89 Å². The predicted molar refractivity (Wildman–Crippen MR) is 32.3 cm³/mol. The van der Waals surface area contributed by atoms with Gasteiger partial charge in [-0.1, -0.05) is 0 Å². The summed E-state index contributed by atoms with van der Waals surface area (Å²) >= 11 is 0.893. The molecule has 0 aromatic carbocycles. The standard InChI is InChI=1S/C5H5.C2H5.Pd/c1-2-4-5-3-1;1-2;/h1-3H,4H2;1H2,2H3;. The molecule has 48 valence electrons. The minimum atomic E-state index is 0.893. The maximum absolute atomic E-state index is 2.25. The van der Waals surface area contributed by atoms with Crippen molar-refractivity contribution in [2.24, 2.45) is 0 Å². The summed E-state index contributed by atoms with van der Waals surface area (Å²) in [5.74, 6) is 0. The fourth-order valence-corrected chi connectivity index (χ4v) is 2.08. The summed E-state index contributed by atoms with van der Waals surface area (Å²) < 4.78 is 1.64. The molecule has 8 heavy (non-hydrogen) atoms. The fourth-order valence-electron chi connectivity index (χ4n) is 0.634. The van der Waals surface area contributed by atoms with E-state index in [2.05, 4.69) is 25.2 Å². The molecule has 1 heteroatoms. The van der Waals surface area contributed by atoms with Crippen molar-refractivity contribution >= 4 is 0 Å². The van der Waals surface area contributed by atoms with E-state index in [4.69, 9.17) is 0 Å². The molecule has 0 unspecified atom stereocenters. The van der Waals surface area contributed by atoms with Crippen LogP contribution in [0.4, 0.5) is 0 Å². The van der Waals surface area contributed by atoms with E-state index >= 15 is 0 Å². The van der Waals surface area contributed by atoms with E-state index in [1.54, 1.807) is 4.05 Å². The third kappa shape index (κ3) is 1.58. The molecule has 0 nitrogen and oxygen atoms in total. The van der Waals surface area contributed by atoms with Gasteiger partial charge < -0.3 is 0 Å². The fraction of sp³-hybridized carbons (Fsp3) is 0.429. The summed E-state index contributed by atoms with van der Waals surface area (Å²) in [6.07, 6.45) is 7.85. The van der Waals surface area contributed by atoms with Gasteiger partial charge in [0.05, 0.1) is 0 Å². The molecular weight excluding hydrogens is 190 g/mol. The van der Waals surface area contributed by atoms with Gasteiger partial charge >= 0.3 is 58.5 Å². The van der Waals surface area contributed by atoms with Crippen molar-refractivity contribution in [1.82, 2.24) is 0 Å². The van der Waals surface area contributed by atoms with Gasteiger partial charge in [-0.3, -0.25) is 0 Å². The number of rotatable bonds is 2. The van der Waals surface area contributed by atoms with Gasteiger partial charge in [-0.2, -0.15) is 0 Å². The molecule has 0 aromatic heterocycles. The van der Waals surface area contributed by atoms with E-state index < -0.39 is 0 Å². The van der Waals surface area contributed by atoms with Crippen LogP contribution in [-0.2, 0) is 18.0 Å². The summed E-state index contributed by atoms with van der Waals surface area (Å²) in [7, 11) is 0. The van der Waals surface area contributed by atoms with Gasteiger partial charge in [-0.05, 0) is 0 Å². The number of hydrogen-bond donors (Lipinski definition) is 0. The molecule has 0 atom stereocenters. The van der Waals surface area contributed by atoms with Crippen molar-refractivity contribution in [2.45, 2.75) is 18.2 Å². The quantitative estimate of drug-likeness (QED) is 0.601. The molecule has 1 aliphatic rings. The summed E-state index contributed by atoms with van der Waals surface area (Å²) in [6, 6.07) is 0. The van der Waals surface area contributed by atoms with Gasteiger partial charge in [0, 0.05) is 0 Å². The molecule has 0 aliphatic heterocycles. The van der Waals surface area contributed by atoms with Crippen LogP contribution in [0.5, 0.6) is 0 Å². The topological polar surface area (TPSA) is 0 Å². The first kappa shape index (κ1) is 6.27. The van der Waals surface area contributed by atoms with Crippen LogP contribution in [0.3, 0.4) is 0 Å². The van der Waals surface area contributed by atoms with E-state index in [0.29, 0.717) is 0 Å². The number of allylic oxidation sites excluding steroid dienone is 4. The Morgan fingerprint density at radius 3 is 3.12 bits per heavy atom. The molecule has 0 saturated carbocycles. The van der Waals surface area contributed by atoms with E-state index in [9.17, 15) is 0 Å². The first-order valence-electron chi connectivity index (χ1n) is 2.81. The van der Waals surface area contributed by atoms with Gasteiger partial charge in [0.15, 0.2) is 0 Å². The zero-order chi connectivity index (χ0) is 5.82. The summed E-state index contributed by atoms with van der Waals surface area (Å²) in [6.45, 7) is 2.24. The van der Waals surface area contributed by atoms with Crippen molar-refractivity contribution < 1.29 is 18.0 Å². The zero-order valence-corrected chi connectivity index (χ0v) is 6.52. The predicted octanol–water partition coefficient (Wildman–Crippen LogP) is 2.35. The Bertz CT molecular complexity index is 122. The molecule has 1 rings (SSSR count). The summed E-state index contributed by atoms with van der Waals surface area (Å²) in [5, 5.41) is 0. The van der Waals surface area contributed by atoms with Crippen LogP contribution in [0, 0.1) is 0 Å². The van der Waals surface area contributed by atoms with E-state index in [1.165, 1.54) is 11.3 Å². The maximum atomic E-state index is 2.25. The molecule has 0 fully saturated rings. The van der Waals surface area contributed by atoms with Crippen molar-refractivity contribution in [3.8, 4) is 0 Å². The van der Waals surface area contributed by atoms with Crippen LogP contribution in [0.25, 0.3) is 0 Å². The Labute approximate surface area is 58.8 Å². The first-order valence-corrected chi connectivity index (χ1v) is 4.68. The van der Waals surface area contributed by atoms with E-state index in [1.807, 2.05) is 0 Å². The minimum absolute atomic E-state index is 0.893. The SMILES string of the molecule is C[CH2][Pd][C]1=CC=CC1. The third-order valence-electron chi connectivity index (χ3n) is 0.959. The van der Waals surface area contributed by atoms with E-state index in [0.717, 1.165) is 18.0 Å². The van der Waals surface area contributed by atoms with Crippen LogP contribution in [0.1, 0.15) is 13.3 Å². The Morgan fingerprint density at radius 1 is 1.75 bits per heavy atom. The monoisotopic (exact) mass is 200 g/mol. The first-order chi connectivity index (χ1) is 3.93. The Hall–Kier alpha value is 0.142. The van der Waals surface area contributed by atoms with Crippen molar-refractivity contribution in [2.75, 3.05) is 0 Å². The molecule has 0 heterocycles. The van der Waals surface area contributed by atoms with Crippen LogP contribution >= 0.6 is 0 Å². The van der Waals surface area contributed by atoms with Gasteiger partial charge in [0.2, 0.25) is 0 Å². The van der Waals surface area contributed by atoms with Gasteiger partial charge in [0.1, 0.15) is 0 Å². The Morgan fingerprint density at radius 2 is 2.62 bits per heavy atom. The average Bonchev–Trinajstić information content (AvgIpc) is 2.19. The van der Waals surface area contributed by atoms with Crippen LogP contribution < -0.4 is 0 Å². The summed E-state index contributed by atoms with van der Waals surface area (Å²) in [4.78, 5) is 1.34. The second-order valence-electron chi connectivity index (χ2n) is 1.54. The molecule has 1 aliphatic carbocycles. The molecule has 0 saturated heterocycles. The van der Waals surface area contributed by atoms with E-state index in [-0.39, 0.29) is 0 Å². The van der Waals surface area contributed by atoms with Crippen LogP contribution in [0.15, 0.2) is 22.3 Å². The second-order valence-corrected chi connectivity index (χ2v) is 4.19. The van der Waals surface area contributed by atoms with Crippen molar-refractivity contribution in [1.29, 1.82) is 0 Å². The number of hydrogen-bond acceptors (Lipinski definition) is 0. The third-order valence-corrected chi connectivity index (χ3v) is 2.79. The van der Waals surface area contributed by atoms with Gasteiger partial charge in [0.25, 0.3) is 0 Å². The molecule has 0 aromatic rings. The molecule has 0 amide bonds. The Balaban J connectivity index is 2.28. The van der Waals surface area contributed by atoms with Crippen molar-refractivity contribution in [3.05, 3.63) is 22.3 Å². The van der Waals surface area contributed by atoms with Crippen molar-refractivity contribution in [3.63, 3.8) is 0 Å².